The number of guanidine groups is 1. The van der Waals surface area contributed by atoms with Crippen LogP contribution in [-0.2, 0) is 9.84 Å². The van der Waals surface area contributed by atoms with Gasteiger partial charge in [-0.25, -0.2) is 8.42 Å². The van der Waals surface area contributed by atoms with Gasteiger partial charge >= 0.3 is 0 Å². The first-order chi connectivity index (χ1) is 9.53. The van der Waals surface area contributed by atoms with Crippen molar-refractivity contribution in [3.8, 4) is 0 Å². The Balaban J connectivity index is 0. The van der Waals surface area contributed by atoms with Crippen molar-refractivity contribution in [2.75, 3.05) is 31.6 Å². The van der Waals surface area contributed by atoms with Crippen molar-refractivity contribution in [3.63, 3.8) is 0 Å². The Morgan fingerprint density at radius 2 is 1.86 bits per heavy atom. The molecule has 0 heterocycles. The van der Waals surface area contributed by atoms with E-state index in [9.17, 15) is 8.42 Å². The van der Waals surface area contributed by atoms with E-state index in [0.29, 0.717) is 13.0 Å². The summed E-state index contributed by atoms with van der Waals surface area (Å²) in [6.45, 7) is 12.6. The number of hydrogen-bond acceptors (Lipinski definition) is 4. The molecule has 0 aliphatic carbocycles. The van der Waals surface area contributed by atoms with E-state index in [0.717, 1.165) is 19.0 Å². The smallest absolute Gasteiger partial charge is 0.191 e. The second-order valence-electron chi connectivity index (χ2n) is 6.40. The summed E-state index contributed by atoms with van der Waals surface area (Å²) in [5, 5.41) is 9.78. The Morgan fingerprint density at radius 1 is 1.27 bits per heavy atom. The van der Waals surface area contributed by atoms with E-state index in [1.54, 1.807) is 0 Å². The predicted molar refractivity (Wildman–Crippen MR) is 106 cm³/mol. The first-order valence-electron chi connectivity index (χ1n) is 7.51. The highest BCUT2D eigenvalue weighted by molar-refractivity contribution is 14.0. The Kier molecular flexibility index (Phi) is 12.6. The minimum Gasteiger partial charge on any atom is -0.357 e. The summed E-state index contributed by atoms with van der Waals surface area (Å²) < 4.78 is 22.3. The molecule has 0 fully saturated rings. The Labute approximate surface area is 153 Å². The number of hydrogen-bond donors (Lipinski definition) is 3. The zero-order chi connectivity index (χ0) is 16.5. The van der Waals surface area contributed by atoms with E-state index < -0.39 is 9.84 Å². The highest BCUT2D eigenvalue weighted by Gasteiger charge is 2.10. The van der Waals surface area contributed by atoms with Crippen LogP contribution >= 0.6 is 24.0 Å². The second-order valence-corrected chi connectivity index (χ2v) is 8.66. The third-order valence-electron chi connectivity index (χ3n) is 2.69. The maximum absolute atomic E-state index is 11.2. The van der Waals surface area contributed by atoms with Gasteiger partial charge < -0.3 is 16.0 Å². The fourth-order valence-electron chi connectivity index (χ4n) is 1.62. The Bertz CT molecular complexity index is 419. The van der Waals surface area contributed by atoms with Crippen molar-refractivity contribution < 1.29 is 8.42 Å². The van der Waals surface area contributed by atoms with Crippen LogP contribution in [0.4, 0.5) is 0 Å². The zero-order valence-electron chi connectivity index (χ0n) is 14.7. The third-order valence-corrected chi connectivity index (χ3v) is 3.66. The van der Waals surface area contributed by atoms with Crippen LogP contribution in [0.15, 0.2) is 4.99 Å². The molecule has 0 aliphatic heterocycles. The molecule has 3 N–H and O–H groups in total. The summed E-state index contributed by atoms with van der Waals surface area (Å²) in [4.78, 5) is 4.48. The normalized spacial score (nSPS) is 14.2. The molecule has 0 rings (SSSR count). The molecule has 0 saturated carbocycles. The van der Waals surface area contributed by atoms with Gasteiger partial charge in [0, 0.05) is 30.9 Å². The number of rotatable bonds is 8. The van der Waals surface area contributed by atoms with Gasteiger partial charge in [-0.2, -0.15) is 0 Å². The molecule has 8 heteroatoms. The predicted octanol–water partition coefficient (Wildman–Crippen LogP) is 1.37. The first kappa shape index (κ1) is 24.2. The van der Waals surface area contributed by atoms with E-state index in [4.69, 9.17) is 0 Å². The van der Waals surface area contributed by atoms with E-state index in [-0.39, 0.29) is 41.3 Å². The van der Waals surface area contributed by atoms with Gasteiger partial charge in [0.05, 0.1) is 12.3 Å². The van der Waals surface area contributed by atoms with E-state index >= 15 is 0 Å². The monoisotopic (exact) mass is 448 g/mol. The van der Waals surface area contributed by atoms with Crippen LogP contribution in [0.3, 0.4) is 0 Å². The van der Waals surface area contributed by atoms with Crippen LogP contribution in [0.25, 0.3) is 0 Å². The quantitative estimate of drug-likeness (QED) is 0.226. The molecule has 6 nitrogen and oxygen atoms in total. The van der Waals surface area contributed by atoms with Crippen LogP contribution in [0.1, 0.15) is 41.0 Å². The molecule has 0 amide bonds. The highest BCUT2D eigenvalue weighted by Crippen LogP contribution is 1.97. The molecule has 0 bridgehead atoms. The number of aliphatic imine (C=N–C) groups is 1. The summed E-state index contributed by atoms with van der Waals surface area (Å²) in [6.07, 6.45) is 1.83. The van der Waals surface area contributed by atoms with Gasteiger partial charge in [-0.15, -0.1) is 24.0 Å². The topological polar surface area (TPSA) is 82.6 Å². The van der Waals surface area contributed by atoms with Gasteiger partial charge in [-0.05, 0) is 41.0 Å². The molecule has 0 spiro atoms. The molecular weight excluding hydrogens is 415 g/mol. The van der Waals surface area contributed by atoms with Crippen molar-refractivity contribution in [1.82, 2.24) is 16.0 Å². The standard InChI is InChI=1S/C14H32N4O2S.HI/c1-7-15-13(16-9-10-17-14(3,4)5)18-12(2)8-11-21(6,19)20;/h12,17H,7-11H2,1-6H3,(H2,15,16,18);1H. The third kappa shape index (κ3) is 16.3. The SMILES string of the molecule is CCNC(=NCCNC(C)(C)C)NC(C)CCS(C)(=O)=O.I. The van der Waals surface area contributed by atoms with Crippen molar-refractivity contribution >= 4 is 39.8 Å². The van der Waals surface area contributed by atoms with E-state index in [1.165, 1.54) is 6.26 Å². The zero-order valence-corrected chi connectivity index (χ0v) is 17.8. The maximum atomic E-state index is 11.2. The molecule has 0 aromatic carbocycles. The lowest BCUT2D eigenvalue weighted by Crippen LogP contribution is -2.43. The maximum Gasteiger partial charge on any atom is 0.191 e. The first-order valence-corrected chi connectivity index (χ1v) is 9.57. The molecule has 22 heavy (non-hydrogen) atoms. The molecule has 134 valence electrons. The lowest BCUT2D eigenvalue weighted by atomic mass is 10.1. The van der Waals surface area contributed by atoms with Crippen LogP contribution < -0.4 is 16.0 Å². The highest BCUT2D eigenvalue weighted by atomic mass is 127. The minimum atomic E-state index is -2.91. The van der Waals surface area contributed by atoms with Crippen LogP contribution in [0.2, 0.25) is 0 Å². The number of nitrogens with one attached hydrogen (secondary N) is 3. The molecule has 1 atom stereocenters. The number of nitrogens with zero attached hydrogens (tertiary/aromatic N) is 1. The molecule has 0 saturated heterocycles. The van der Waals surface area contributed by atoms with Gasteiger partial charge in [0.25, 0.3) is 0 Å². The van der Waals surface area contributed by atoms with E-state index in [1.807, 2.05) is 13.8 Å². The summed E-state index contributed by atoms with van der Waals surface area (Å²) in [5.41, 5.74) is 0.0874. The van der Waals surface area contributed by atoms with Crippen molar-refractivity contribution in [3.05, 3.63) is 0 Å². The fourth-order valence-corrected chi connectivity index (χ4v) is 2.40. The Morgan fingerprint density at radius 3 is 2.32 bits per heavy atom. The van der Waals surface area contributed by atoms with E-state index in [2.05, 4.69) is 41.7 Å². The number of halogens is 1. The molecule has 0 aromatic heterocycles. The molecule has 1 unspecified atom stereocenters. The average Bonchev–Trinajstić information content (AvgIpc) is 2.30. The lowest BCUT2D eigenvalue weighted by Gasteiger charge is -2.20. The lowest BCUT2D eigenvalue weighted by molar-refractivity contribution is 0.432. The van der Waals surface area contributed by atoms with Crippen LogP contribution in [-0.4, -0.2) is 57.6 Å². The van der Waals surface area contributed by atoms with Crippen molar-refractivity contribution in [2.45, 2.75) is 52.6 Å². The largest absolute Gasteiger partial charge is 0.357 e. The fraction of sp³-hybridized carbons (Fsp3) is 0.929. The summed E-state index contributed by atoms with van der Waals surface area (Å²) in [6, 6.07) is 0.0631. The summed E-state index contributed by atoms with van der Waals surface area (Å²) in [7, 11) is -2.91. The van der Waals surface area contributed by atoms with Gasteiger partial charge in [0.15, 0.2) is 5.96 Å². The number of sulfone groups is 1. The van der Waals surface area contributed by atoms with Gasteiger partial charge in [-0.3, -0.25) is 4.99 Å². The summed E-state index contributed by atoms with van der Waals surface area (Å²) >= 11 is 0. The van der Waals surface area contributed by atoms with Crippen LogP contribution in [0.5, 0.6) is 0 Å². The van der Waals surface area contributed by atoms with Gasteiger partial charge in [0.1, 0.15) is 9.84 Å². The molecular formula is C14H33IN4O2S. The van der Waals surface area contributed by atoms with Gasteiger partial charge in [0.2, 0.25) is 0 Å². The Hall–Kier alpha value is -0.0900. The van der Waals surface area contributed by atoms with Crippen LogP contribution in [0, 0.1) is 0 Å². The van der Waals surface area contributed by atoms with Gasteiger partial charge in [-0.1, -0.05) is 0 Å². The summed E-state index contributed by atoms with van der Waals surface area (Å²) in [5.74, 6) is 0.917. The average molecular weight is 448 g/mol. The van der Waals surface area contributed by atoms with Crippen molar-refractivity contribution in [2.24, 2.45) is 4.99 Å². The molecule has 0 aromatic rings. The molecule has 0 radical (unpaired) electrons. The molecule has 0 aliphatic rings. The van der Waals surface area contributed by atoms with Crippen molar-refractivity contribution in [1.29, 1.82) is 0 Å². The minimum absolute atomic E-state index is 0. The second kappa shape index (κ2) is 11.4.